The monoisotopic (exact) mass is 166 g/mol. The maximum atomic E-state index is 10.6. The van der Waals surface area contributed by atoms with Gasteiger partial charge in [-0.25, -0.2) is 10.8 Å². The smallest absolute Gasteiger partial charge is 0.257 e. The summed E-state index contributed by atoms with van der Waals surface area (Å²) in [5.41, 5.74) is 1.99. The maximum Gasteiger partial charge on any atom is 0.257 e. The van der Waals surface area contributed by atoms with Crippen LogP contribution in [0.5, 0.6) is 0 Å². The van der Waals surface area contributed by atoms with Crippen molar-refractivity contribution in [3.8, 4) is 0 Å². The van der Waals surface area contributed by atoms with E-state index < -0.39 is 0 Å². The lowest BCUT2D eigenvalue weighted by molar-refractivity contribution is -0.116. The number of carbonyl (C=O) groups excluding carboxylic acids is 1. The molecule has 0 aromatic carbocycles. The topological polar surface area (TPSA) is 72.9 Å². The van der Waals surface area contributed by atoms with E-state index in [4.69, 9.17) is 5.84 Å². The highest BCUT2D eigenvalue weighted by atomic mass is 16.2. The van der Waals surface area contributed by atoms with Crippen LogP contribution in [-0.2, 0) is 11.3 Å². The van der Waals surface area contributed by atoms with E-state index in [1.165, 1.54) is 6.08 Å². The van der Waals surface area contributed by atoms with Gasteiger partial charge in [-0.3, -0.25) is 10.2 Å². The number of rotatable bonds is 3. The van der Waals surface area contributed by atoms with Crippen LogP contribution in [0.4, 0.5) is 0 Å². The number of hydrazine groups is 1. The summed E-state index contributed by atoms with van der Waals surface area (Å²) in [6.45, 7) is 0.618. The van der Waals surface area contributed by atoms with Gasteiger partial charge in [-0.1, -0.05) is 6.08 Å². The number of allylic oxidation sites excluding steroid dienone is 1. The third kappa shape index (κ3) is 2.55. The quantitative estimate of drug-likeness (QED) is 0.273. The van der Waals surface area contributed by atoms with E-state index in [-0.39, 0.29) is 5.91 Å². The van der Waals surface area contributed by atoms with E-state index in [0.29, 0.717) is 6.54 Å². The molecule has 5 heteroatoms. The van der Waals surface area contributed by atoms with Gasteiger partial charge in [-0.15, -0.1) is 0 Å². The van der Waals surface area contributed by atoms with Crippen molar-refractivity contribution in [3.05, 3.63) is 30.9 Å². The Labute approximate surface area is 69.9 Å². The summed E-state index contributed by atoms with van der Waals surface area (Å²) in [5, 5.41) is 0. The molecule has 0 unspecified atom stereocenters. The van der Waals surface area contributed by atoms with E-state index in [9.17, 15) is 4.79 Å². The lowest BCUT2D eigenvalue weighted by Gasteiger charge is -1.93. The number of hydrogen-bond donors (Lipinski definition) is 2. The average molecular weight is 166 g/mol. The molecular weight excluding hydrogens is 156 g/mol. The maximum absolute atomic E-state index is 10.6. The van der Waals surface area contributed by atoms with Crippen molar-refractivity contribution in [1.82, 2.24) is 15.0 Å². The molecule has 0 radical (unpaired) electrons. The molecule has 0 spiro atoms. The van der Waals surface area contributed by atoms with Gasteiger partial charge < -0.3 is 4.57 Å². The Bertz CT molecular complexity index is 265. The van der Waals surface area contributed by atoms with E-state index in [0.717, 1.165) is 0 Å². The molecule has 1 aromatic heterocycles. The van der Waals surface area contributed by atoms with Gasteiger partial charge in [0.15, 0.2) is 0 Å². The Kier molecular flexibility index (Phi) is 3.04. The van der Waals surface area contributed by atoms with E-state index >= 15 is 0 Å². The van der Waals surface area contributed by atoms with Crippen molar-refractivity contribution in [2.45, 2.75) is 6.54 Å². The van der Waals surface area contributed by atoms with E-state index in [1.807, 2.05) is 16.2 Å². The van der Waals surface area contributed by atoms with Crippen molar-refractivity contribution >= 4 is 5.91 Å². The Hall–Kier alpha value is -1.62. The zero-order valence-electron chi connectivity index (χ0n) is 6.47. The van der Waals surface area contributed by atoms with Crippen LogP contribution in [0.1, 0.15) is 0 Å². The number of nitrogens with one attached hydrogen (secondary N) is 1. The van der Waals surface area contributed by atoms with Crippen molar-refractivity contribution < 1.29 is 4.79 Å². The zero-order chi connectivity index (χ0) is 8.81. The minimum atomic E-state index is -0.310. The second-order valence-corrected chi connectivity index (χ2v) is 2.17. The van der Waals surface area contributed by atoms with Crippen LogP contribution >= 0.6 is 0 Å². The highest BCUT2D eigenvalue weighted by Gasteiger charge is 1.87. The minimum absolute atomic E-state index is 0.310. The number of carbonyl (C=O) groups is 1. The number of amides is 1. The summed E-state index contributed by atoms with van der Waals surface area (Å²) >= 11 is 0. The van der Waals surface area contributed by atoms with Crippen LogP contribution in [0, 0.1) is 0 Å². The summed E-state index contributed by atoms with van der Waals surface area (Å²) in [7, 11) is 0. The second kappa shape index (κ2) is 4.30. The van der Waals surface area contributed by atoms with Gasteiger partial charge in [0.25, 0.3) is 5.91 Å². The molecule has 0 bridgehead atoms. The zero-order valence-corrected chi connectivity index (χ0v) is 6.47. The van der Waals surface area contributed by atoms with Gasteiger partial charge in [0, 0.05) is 25.0 Å². The van der Waals surface area contributed by atoms with Crippen molar-refractivity contribution in [1.29, 1.82) is 0 Å². The summed E-state index contributed by atoms with van der Waals surface area (Å²) in [6.07, 6.45) is 8.23. The second-order valence-electron chi connectivity index (χ2n) is 2.17. The third-order valence-electron chi connectivity index (χ3n) is 1.29. The minimum Gasteiger partial charge on any atom is -0.334 e. The molecule has 3 N–H and O–H groups in total. The third-order valence-corrected chi connectivity index (χ3v) is 1.29. The molecule has 0 aliphatic rings. The van der Waals surface area contributed by atoms with Gasteiger partial charge in [0.1, 0.15) is 0 Å². The Balaban J connectivity index is 2.35. The molecule has 1 amide bonds. The first-order valence-electron chi connectivity index (χ1n) is 3.46. The summed E-state index contributed by atoms with van der Waals surface area (Å²) in [4.78, 5) is 14.4. The van der Waals surface area contributed by atoms with Gasteiger partial charge >= 0.3 is 0 Å². The molecule has 1 heterocycles. The molecule has 0 aliphatic carbocycles. The fourth-order valence-electron chi connectivity index (χ4n) is 0.724. The van der Waals surface area contributed by atoms with Gasteiger partial charge in [-0.2, -0.15) is 0 Å². The normalized spacial score (nSPS) is 10.4. The predicted octanol–water partition coefficient (Wildman–Crippen LogP) is -0.571. The van der Waals surface area contributed by atoms with E-state index in [1.54, 1.807) is 18.6 Å². The number of imidazole rings is 1. The van der Waals surface area contributed by atoms with Crippen LogP contribution in [0.2, 0.25) is 0 Å². The van der Waals surface area contributed by atoms with Crippen molar-refractivity contribution in [2.75, 3.05) is 0 Å². The molecule has 5 nitrogen and oxygen atoms in total. The van der Waals surface area contributed by atoms with E-state index in [2.05, 4.69) is 4.98 Å². The first-order chi connectivity index (χ1) is 5.83. The number of nitrogens with two attached hydrogens (primary N) is 1. The number of hydrogen-bond acceptors (Lipinski definition) is 3. The lowest BCUT2D eigenvalue weighted by Crippen LogP contribution is -2.28. The molecule has 64 valence electrons. The summed E-state index contributed by atoms with van der Waals surface area (Å²) < 4.78 is 1.83. The molecule has 0 aliphatic heterocycles. The van der Waals surface area contributed by atoms with Gasteiger partial charge in [0.05, 0.1) is 6.33 Å². The molecule has 0 fully saturated rings. The molecular formula is C7H10N4O. The van der Waals surface area contributed by atoms with Crippen molar-refractivity contribution in [2.24, 2.45) is 5.84 Å². The Morgan fingerprint density at radius 1 is 1.75 bits per heavy atom. The number of aromatic nitrogens is 2. The van der Waals surface area contributed by atoms with Crippen LogP contribution in [0.3, 0.4) is 0 Å². The summed E-state index contributed by atoms with van der Waals surface area (Å²) in [6, 6.07) is 0. The van der Waals surface area contributed by atoms with Crippen LogP contribution in [0.15, 0.2) is 30.9 Å². The molecule has 0 saturated carbocycles. The van der Waals surface area contributed by atoms with Gasteiger partial charge in [-0.05, 0) is 0 Å². The first-order valence-corrected chi connectivity index (χ1v) is 3.46. The lowest BCUT2D eigenvalue weighted by atomic mass is 10.4. The molecule has 12 heavy (non-hydrogen) atoms. The fourth-order valence-corrected chi connectivity index (χ4v) is 0.724. The van der Waals surface area contributed by atoms with Gasteiger partial charge in [0.2, 0.25) is 0 Å². The molecule has 0 saturated heterocycles. The average Bonchev–Trinajstić information content (AvgIpc) is 2.57. The van der Waals surface area contributed by atoms with Crippen LogP contribution < -0.4 is 11.3 Å². The SMILES string of the molecule is NNC(=O)C=CCn1ccnc1. The van der Waals surface area contributed by atoms with Crippen LogP contribution in [0.25, 0.3) is 0 Å². The molecule has 1 aromatic rings. The highest BCUT2D eigenvalue weighted by Crippen LogP contribution is 1.86. The summed E-state index contributed by atoms with van der Waals surface area (Å²) in [5.74, 6) is 4.55. The number of nitrogens with zero attached hydrogens (tertiary/aromatic N) is 2. The highest BCUT2D eigenvalue weighted by molar-refractivity contribution is 5.86. The first kappa shape index (κ1) is 8.48. The Morgan fingerprint density at radius 3 is 3.17 bits per heavy atom. The largest absolute Gasteiger partial charge is 0.334 e. The molecule has 0 atom stereocenters. The Morgan fingerprint density at radius 2 is 2.58 bits per heavy atom. The van der Waals surface area contributed by atoms with Crippen molar-refractivity contribution in [3.63, 3.8) is 0 Å². The predicted molar refractivity (Wildman–Crippen MR) is 43.7 cm³/mol. The molecule has 1 rings (SSSR count). The van der Waals surface area contributed by atoms with Crippen LogP contribution in [-0.4, -0.2) is 15.5 Å². The fraction of sp³-hybridized carbons (Fsp3) is 0.143. The standard InChI is InChI=1S/C7H10N4O/c8-10-7(12)2-1-4-11-5-3-9-6-11/h1-3,5-6H,4,8H2,(H,10,12).